The molecule has 9 nitrogen and oxygen atoms in total. The van der Waals surface area contributed by atoms with Gasteiger partial charge in [-0.2, -0.15) is 0 Å². The smallest absolute Gasteiger partial charge is 0.229 e. The zero-order valence-electron chi connectivity index (χ0n) is 14.5. The van der Waals surface area contributed by atoms with E-state index < -0.39 is 37.3 Å². The summed E-state index contributed by atoms with van der Waals surface area (Å²) in [5.74, 6) is 0.637. The van der Waals surface area contributed by atoms with Crippen LogP contribution in [-0.2, 0) is 4.74 Å². The van der Waals surface area contributed by atoms with E-state index in [1.54, 1.807) is 18.2 Å². The van der Waals surface area contributed by atoms with E-state index in [0.29, 0.717) is 5.56 Å². The van der Waals surface area contributed by atoms with Crippen molar-refractivity contribution in [3.63, 3.8) is 0 Å². The van der Waals surface area contributed by atoms with Crippen molar-refractivity contribution >= 4 is 6.08 Å². The predicted octanol–water partition coefficient (Wildman–Crippen LogP) is -1.11. The zero-order chi connectivity index (χ0) is 19.3. The van der Waals surface area contributed by atoms with Crippen LogP contribution in [0, 0.1) is 0 Å². The van der Waals surface area contributed by atoms with Crippen molar-refractivity contribution in [2.45, 2.75) is 30.7 Å². The first-order chi connectivity index (χ1) is 12.5. The summed E-state index contributed by atoms with van der Waals surface area (Å²) in [7, 11) is 2.82. The van der Waals surface area contributed by atoms with Crippen LogP contribution in [0.25, 0.3) is 6.08 Å². The fourth-order valence-corrected chi connectivity index (χ4v) is 2.58. The maximum atomic E-state index is 10.1. The van der Waals surface area contributed by atoms with Crippen molar-refractivity contribution in [2.75, 3.05) is 27.4 Å². The minimum absolute atomic E-state index is 0.112. The first kappa shape index (κ1) is 20.4. The van der Waals surface area contributed by atoms with Gasteiger partial charge in [0.05, 0.1) is 27.4 Å². The van der Waals surface area contributed by atoms with Gasteiger partial charge in [-0.1, -0.05) is 12.2 Å². The molecule has 26 heavy (non-hydrogen) atoms. The standard InChI is InChI=1S/C17H24O9/c1-23-10-6-9(4-3-5-18)7-11(24-2)16(10)26-17-15(22)14(21)13(20)12(8-19)25-17/h3-4,6-7,12-15,17-22H,5,8H2,1-2H3/b4-3-/t12-,13+,14+,15-,17-/m0/s1. The molecule has 0 amide bonds. The van der Waals surface area contributed by atoms with Crippen molar-refractivity contribution in [1.82, 2.24) is 0 Å². The molecule has 0 saturated carbocycles. The summed E-state index contributed by atoms with van der Waals surface area (Å²) in [4.78, 5) is 0. The number of methoxy groups -OCH3 is 2. The van der Waals surface area contributed by atoms with Crippen LogP contribution in [0.15, 0.2) is 18.2 Å². The number of hydrogen-bond donors (Lipinski definition) is 5. The molecule has 5 atom stereocenters. The average molecular weight is 372 g/mol. The molecule has 0 unspecified atom stereocenters. The molecule has 9 heteroatoms. The molecule has 1 fully saturated rings. The SMILES string of the molecule is COc1cc(/C=C\CO)cc(OC)c1O[C@@H]1O[C@@H](CO)[C@@H](O)[C@@H](O)[C@@H]1O. The molecular weight excluding hydrogens is 348 g/mol. The van der Waals surface area contributed by atoms with Crippen molar-refractivity contribution in [3.8, 4) is 17.2 Å². The molecule has 0 radical (unpaired) electrons. The molecule has 2 rings (SSSR count). The van der Waals surface area contributed by atoms with Gasteiger partial charge in [0.1, 0.15) is 24.4 Å². The molecule has 0 spiro atoms. The van der Waals surface area contributed by atoms with E-state index in [9.17, 15) is 20.4 Å². The summed E-state index contributed by atoms with van der Waals surface area (Å²) < 4.78 is 21.6. The Morgan fingerprint density at radius 3 is 2.12 bits per heavy atom. The normalized spacial score (nSPS) is 29.0. The Labute approximate surface area is 150 Å². The molecule has 0 bridgehead atoms. The van der Waals surface area contributed by atoms with E-state index in [1.165, 1.54) is 20.3 Å². The maximum absolute atomic E-state index is 10.1. The zero-order valence-corrected chi connectivity index (χ0v) is 14.5. The summed E-state index contributed by atoms with van der Waals surface area (Å²) >= 11 is 0. The molecule has 146 valence electrons. The van der Waals surface area contributed by atoms with E-state index >= 15 is 0 Å². The maximum Gasteiger partial charge on any atom is 0.229 e. The van der Waals surface area contributed by atoms with Crippen LogP contribution in [0.5, 0.6) is 17.2 Å². The van der Waals surface area contributed by atoms with Crippen LogP contribution < -0.4 is 14.2 Å². The average Bonchev–Trinajstić information content (AvgIpc) is 2.66. The Bertz CT molecular complexity index is 591. The van der Waals surface area contributed by atoms with Gasteiger partial charge in [-0.05, 0) is 17.7 Å². The van der Waals surface area contributed by atoms with E-state index in [1.807, 2.05) is 0 Å². The number of aliphatic hydroxyl groups excluding tert-OH is 5. The summed E-state index contributed by atoms with van der Waals surface area (Å²) in [6.07, 6.45) is -3.88. The Morgan fingerprint density at radius 2 is 1.62 bits per heavy atom. The third-order valence-corrected chi connectivity index (χ3v) is 3.98. The van der Waals surface area contributed by atoms with E-state index in [0.717, 1.165) is 0 Å². The molecule has 1 aromatic carbocycles. The molecule has 0 aromatic heterocycles. The highest BCUT2D eigenvalue weighted by Crippen LogP contribution is 2.40. The fraction of sp³-hybridized carbons (Fsp3) is 0.529. The van der Waals surface area contributed by atoms with Gasteiger partial charge in [0.2, 0.25) is 12.0 Å². The number of ether oxygens (including phenoxy) is 4. The lowest BCUT2D eigenvalue weighted by Gasteiger charge is -2.39. The van der Waals surface area contributed by atoms with E-state index in [-0.39, 0.29) is 23.9 Å². The molecule has 1 aromatic rings. The van der Waals surface area contributed by atoms with Crippen LogP contribution in [0.2, 0.25) is 0 Å². The first-order valence-electron chi connectivity index (χ1n) is 7.97. The fourth-order valence-electron chi connectivity index (χ4n) is 2.58. The topological polar surface area (TPSA) is 138 Å². The van der Waals surface area contributed by atoms with Gasteiger partial charge in [-0.3, -0.25) is 0 Å². The van der Waals surface area contributed by atoms with Crippen molar-refractivity contribution in [1.29, 1.82) is 0 Å². The van der Waals surface area contributed by atoms with Crippen LogP contribution >= 0.6 is 0 Å². The molecule has 0 aliphatic carbocycles. The summed E-state index contributed by atoms with van der Waals surface area (Å²) in [6.45, 7) is -0.697. The largest absolute Gasteiger partial charge is 0.493 e. The predicted molar refractivity (Wildman–Crippen MR) is 90.1 cm³/mol. The van der Waals surface area contributed by atoms with Gasteiger partial charge >= 0.3 is 0 Å². The Kier molecular flexibility index (Phi) is 7.21. The van der Waals surface area contributed by atoms with E-state index in [2.05, 4.69) is 0 Å². The summed E-state index contributed by atoms with van der Waals surface area (Å²) in [6, 6.07) is 3.24. The van der Waals surface area contributed by atoms with Gasteiger partial charge in [0.25, 0.3) is 0 Å². The number of rotatable bonds is 7. The van der Waals surface area contributed by atoms with Gasteiger partial charge in [-0.15, -0.1) is 0 Å². The Hall–Kier alpha value is -1.88. The number of aliphatic hydroxyl groups is 5. The van der Waals surface area contributed by atoms with E-state index in [4.69, 9.17) is 24.1 Å². The molecule has 1 saturated heterocycles. The highest BCUT2D eigenvalue weighted by Gasteiger charge is 2.45. The van der Waals surface area contributed by atoms with Gasteiger partial charge in [-0.25, -0.2) is 0 Å². The molecule has 1 heterocycles. The lowest BCUT2D eigenvalue weighted by molar-refractivity contribution is -0.277. The summed E-state index contributed by atoms with van der Waals surface area (Å²) in [5.41, 5.74) is 0.675. The molecule has 5 N–H and O–H groups in total. The quantitative estimate of drug-likeness (QED) is 0.403. The Morgan fingerprint density at radius 1 is 1.00 bits per heavy atom. The van der Waals surface area contributed by atoms with Crippen LogP contribution in [0.4, 0.5) is 0 Å². The minimum Gasteiger partial charge on any atom is -0.493 e. The first-order valence-corrected chi connectivity index (χ1v) is 7.97. The highest BCUT2D eigenvalue weighted by molar-refractivity contribution is 5.62. The van der Waals surface area contributed by atoms with Gasteiger partial charge in [0.15, 0.2) is 11.5 Å². The second kappa shape index (κ2) is 9.17. The van der Waals surface area contributed by atoms with Crippen LogP contribution in [-0.4, -0.2) is 83.7 Å². The lowest BCUT2D eigenvalue weighted by Crippen LogP contribution is -2.60. The van der Waals surface area contributed by atoms with Crippen LogP contribution in [0.1, 0.15) is 5.56 Å². The summed E-state index contributed by atoms with van der Waals surface area (Å²) in [5, 5.41) is 48.0. The monoisotopic (exact) mass is 372 g/mol. The van der Waals surface area contributed by atoms with Crippen LogP contribution in [0.3, 0.4) is 0 Å². The Balaban J connectivity index is 2.33. The number of benzene rings is 1. The highest BCUT2D eigenvalue weighted by atomic mass is 16.7. The third-order valence-electron chi connectivity index (χ3n) is 3.98. The van der Waals surface area contributed by atoms with Gasteiger partial charge < -0.3 is 44.5 Å². The minimum atomic E-state index is -1.56. The third kappa shape index (κ3) is 4.26. The number of hydrogen-bond acceptors (Lipinski definition) is 9. The molecular formula is C17H24O9. The van der Waals surface area contributed by atoms with Crippen molar-refractivity contribution < 1.29 is 44.5 Å². The lowest BCUT2D eigenvalue weighted by atomic mass is 9.99. The second-order valence-electron chi connectivity index (χ2n) is 5.65. The van der Waals surface area contributed by atoms with Crippen molar-refractivity contribution in [2.24, 2.45) is 0 Å². The second-order valence-corrected chi connectivity index (χ2v) is 5.65. The van der Waals surface area contributed by atoms with Crippen molar-refractivity contribution in [3.05, 3.63) is 23.8 Å². The molecule has 1 aliphatic heterocycles. The molecule has 1 aliphatic rings. The van der Waals surface area contributed by atoms with Gasteiger partial charge in [0, 0.05) is 0 Å².